The van der Waals surface area contributed by atoms with Crippen LogP contribution in [0.15, 0.2) is 0 Å². The second kappa shape index (κ2) is 16.4. The van der Waals surface area contributed by atoms with Gasteiger partial charge in [-0.1, -0.05) is 27.7 Å². The van der Waals surface area contributed by atoms with Crippen LogP contribution in [0.1, 0.15) is 115 Å². The normalized spacial score (nSPS) is 50.4. The van der Waals surface area contributed by atoms with E-state index in [0.717, 1.165) is 0 Å². The van der Waals surface area contributed by atoms with Crippen molar-refractivity contribution < 1.29 is 53.3 Å². The Morgan fingerprint density at radius 1 is 0.941 bits per heavy atom. The van der Waals surface area contributed by atoms with E-state index in [1.807, 2.05) is 55.5 Å². The minimum absolute atomic E-state index is 0.0306. The maximum atomic E-state index is 14.2. The summed E-state index contributed by atoms with van der Waals surface area (Å²) in [7, 11) is 3.69. The predicted molar refractivity (Wildman–Crippen MR) is 192 cm³/mol. The zero-order chi connectivity index (χ0) is 38.4. The molecule has 0 aromatic rings. The third kappa shape index (κ3) is 8.97. The van der Waals surface area contributed by atoms with Gasteiger partial charge in [-0.15, -0.1) is 0 Å². The summed E-state index contributed by atoms with van der Waals surface area (Å²) in [5.41, 5.74) is -3.21. The molecule has 298 valence electrons. The summed E-state index contributed by atoms with van der Waals surface area (Å²) in [5, 5.41) is 35.3. The lowest BCUT2D eigenvalue weighted by Crippen LogP contribution is -2.60. The molecule has 0 saturated carbocycles. The van der Waals surface area contributed by atoms with E-state index in [2.05, 4.69) is 25.7 Å². The zero-order valence-corrected chi connectivity index (χ0v) is 33.8. The Morgan fingerprint density at radius 2 is 1.59 bits per heavy atom. The second-order valence-electron chi connectivity index (χ2n) is 17.6. The standard InChI is InChI=1S/C39H71NO11/c1-15-28-39(12,44)33(42)24(7)31-21(4)17-38(11,51-31)34(50-36-30(41)27(16-22(5)47-36)40(13)20(2)3)25(8)32(26(9)35(43)48-28)49-29-19-37(10,45-14)18-23(6)46-29/h20-34,36,41-42,44H,15-19H2,1-14H3/t21-,22+,23-,24-,25-,26+,27-,28+,29?,30+,31-,32-,33+,34+,36?,37-,38+,39+/m0/s1. The molecule has 4 heterocycles. The molecular formula is C39H71NO11. The zero-order valence-electron chi connectivity index (χ0n) is 33.8. The fourth-order valence-corrected chi connectivity index (χ4v) is 9.53. The van der Waals surface area contributed by atoms with Crippen LogP contribution in [0.25, 0.3) is 0 Å². The molecule has 0 radical (unpaired) electrons. The molecule has 3 N–H and O–H groups in total. The largest absolute Gasteiger partial charge is 0.459 e. The minimum atomic E-state index is -1.76. The number of aliphatic hydroxyl groups excluding tert-OH is 2. The molecule has 0 aromatic heterocycles. The first-order valence-electron chi connectivity index (χ1n) is 19.4. The number of carbonyl (C=O) groups excluding carboxylic acids is 1. The maximum Gasteiger partial charge on any atom is 0.311 e. The molecular weight excluding hydrogens is 658 g/mol. The Kier molecular flexibility index (Phi) is 13.8. The lowest BCUT2D eigenvalue weighted by molar-refractivity contribution is -0.312. The van der Waals surface area contributed by atoms with E-state index in [-0.39, 0.29) is 36.6 Å². The van der Waals surface area contributed by atoms with Crippen LogP contribution in [-0.2, 0) is 38.0 Å². The maximum absolute atomic E-state index is 14.2. The van der Waals surface area contributed by atoms with Gasteiger partial charge in [0.25, 0.3) is 0 Å². The third-order valence-corrected chi connectivity index (χ3v) is 12.8. The molecule has 12 heteroatoms. The van der Waals surface area contributed by atoms with Crippen molar-refractivity contribution in [1.82, 2.24) is 4.90 Å². The fraction of sp³-hybridized carbons (Fsp3) is 0.974. The first-order valence-corrected chi connectivity index (χ1v) is 19.4. The van der Waals surface area contributed by atoms with E-state index >= 15 is 0 Å². The molecule has 18 atom stereocenters. The summed E-state index contributed by atoms with van der Waals surface area (Å²) in [6.45, 7) is 23.2. The van der Waals surface area contributed by atoms with Crippen molar-refractivity contribution >= 4 is 5.97 Å². The van der Waals surface area contributed by atoms with Gasteiger partial charge in [0, 0.05) is 43.9 Å². The van der Waals surface area contributed by atoms with Crippen molar-refractivity contribution in [2.24, 2.45) is 23.7 Å². The van der Waals surface area contributed by atoms with Crippen LogP contribution < -0.4 is 0 Å². The average Bonchev–Trinajstić information content (AvgIpc) is 3.37. The Morgan fingerprint density at radius 3 is 2.18 bits per heavy atom. The fourth-order valence-electron chi connectivity index (χ4n) is 9.53. The first kappa shape index (κ1) is 42.8. The number of nitrogens with zero attached hydrogens (tertiary/aromatic N) is 1. The number of carbonyl (C=O) groups is 1. The average molecular weight is 730 g/mol. The van der Waals surface area contributed by atoms with Gasteiger partial charge in [0.05, 0.1) is 53.7 Å². The van der Waals surface area contributed by atoms with E-state index in [9.17, 15) is 20.1 Å². The van der Waals surface area contributed by atoms with Crippen LogP contribution in [0.4, 0.5) is 0 Å². The summed E-state index contributed by atoms with van der Waals surface area (Å²) in [6, 6.07) is -0.0181. The van der Waals surface area contributed by atoms with Gasteiger partial charge in [-0.25, -0.2) is 0 Å². The third-order valence-electron chi connectivity index (χ3n) is 12.8. The molecule has 0 aromatic carbocycles. The molecule has 0 amide bonds. The smallest absolute Gasteiger partial charge is 0.311 e. The molecule has 4 aliphatic heterocycles. The van der Waals surface area contributed by atoms with Crippen molar-refractivity contribution in [2.75, 3.05) is 14.2 Å². The number of ether oxygens (including phenoxy) is 7. The number of aliphatic hydroxyl groups is 3. The van der Waals surface area contributed by atoms with Gasteiger partial charge >= 0.3 is 5.97 Å². The molecule has 2 unspecified atom stereocenters. The SMILES string of the molecule is CC[C@H]1OC(=O)[C@H](C)[C@@H](OC2C[C@@](C)(OC)C[C@H](C)O2)[C@H](C)[C@@H](OC2O[C@H](C)C[C@H](N(C)C(C)C)[C@H]2O)[C@@]2(C)C[C@H](C)[C@H](O2)[C@H](C)[C@@H](O)[C@]1(C)O. The number of cyclic esters (lactones) is 1. The molecule has 51 heavy (non-hydrogen) atoms. The predicted octanol–water partition coefficient (Wildman–Crippen LogP) is 4.43. The van der Waals surface area contributed by atoms with E-state index in [0.29, 0.717) is 25.7 Å². The van der Waals surface area contributed by atoms with Gasteiger partial charge in [-0.3, -0.25) is 9.69 Å². The number of hydrogen-bond donors (Lipinski definition) is 3. The second-order valence-corrected chi connectivity index (χ2v) is 17.6. The van der Waals surface area contributed by atoms with E-state index in [1.54, 1.807) is 14.0 Å². The van der Waals surface area contributed by atoms with Crippen molar-refractivity contribution in [3.05, 3.63) is 0 Å². The highest BCUT2D eigenvalue weighted by molar-refractivity contribution is 5.73. The van der Waals surface area contributed by atoms with E-state index in [4.69, 9.17) is 33.2 Å². The molecule has 4 rings (SSSR count). The summed E-state index contributed by atoms with van der Waals surface area (Å²) < 4.78 is 45.5. The first-order chi connectivity index (χ1) is 23.6. The van der Waals surface area contributed by atoms with Crippen molar-refractivity contribution in [1.29, 1.82) is 0 Å². The summed E-state index contributed by atoms with van der Waals surface area (Å²) >= 11 is 0. The van der Waals surface area contributed by atoms with Crippen molar-refractivity contribution in [2.45, 2.75) is 205 Å². The van der Waals surface area contributed by atoms with Crippen LogP contribution in [0.2, 0.25) is 0 Å². The molecule has 4 saturated heterocycles. The molecule has 0 aliphatic carbocycles. The Balaban J connectivity index is 1.83. The highest BCUT2D eigenvalue weighted by atomic mass is 16.7. The van der Waals surface area contributed by atoms with Crippen LogP contribution in [0, 0.1) is 23.7 Å². The Hall–Kier alpha value is -0.930. The molecule has 4 fully saturated rings. The van der Waals surface area contributed by atoms with Gasteiger partial charge in [0.1, 0.15) is 17.8 Å². The number of esters is 1. The van der Waals surface area contributed by atoms with Crippen LogP contribution >= 0.6 is 0 Å². The summed E-state index contributed by atoms with van der Waals surface area (Å²) in [4.78, 5) is 16.3. The highest BCUT2D eigenvalue weighted by Crippen LogP contribution is 2.48. The van der Waals surface area contributed by atoms with E-state index < -0.39 is 89.7 Å². The summed E-state index contributed by atoms with van der Waals surface area (Å²) in [5.74, 6) is -2.49. The molecule has 0 spiro atoms. The number of likely N-dealkylation sites (N-methyl/N-ethyl adjacent to an activating group) is 1. The molecule has 12 nitrogen and oxygen atoms in total. The minimum Gasteiger partial charge on any atom is -0.459 e. The van der Waals surface area contributed by atoms with Gasteiger partial charge in [0.2, 0.25) is 0 Å². The number of rotatable bonds is 8. The van der Waals surface area contributed by atoms with Crippen molar-refractivity contribution in [3.63, 3.8) is 0 Å². The van der Waals surface area contributed by atoms with Crippen molar-refractivity contribution in [3.8, 4) is 0 Å². The van der Waals surface area contributed by atoms with Gasteiger partial charge in [-0.05, 0) is 87.6 Å². The quantitative estimate of drug-likeness (QED) is 0.304. The van der Waals surface area contributed by atoms with Crippen LogP contribution in [0.5, 0.6) is 0 Å². The Labute approximate surface area is 307 Å². The van der Waals surface area contributed by atoms with Gasteiger partial charge in [-0.2, -0.15) is 0 Å². The molecule has 2 bridgehead atoms. The monoisotopic (exact) mass is 730 g/mol. The Bertz CT molecular complexity index is 1160. The number of hydrogen-bond acceptors (Lipinski definition) is 12. The number of methoxy groups -OCH3 is 1. The number of fused-ring (bicyclic) bond motifs is 2. The molecule has 4 aliphatic rings. The van der Waals surface area contributed by atoms with Crippen LogP contribution in [0.3, 0.4) is 0 Å². The summed E-state index contributed by atoms with van der Waals surface area (Å²) in [6.07, 6.45) is -4.64. The lowest BCUT2D eigenvalue weighted by atomic mass is 9.76. The highest BCUT2D eigenvalue weighted by Gasteiger charge is 2.57. The van der Waals surface area contributed by atoms with Gasteiger partial charge in [0.15, 0.2) is 12.6 Å². The van der Waals surface area contributed by atoms with Crippen LogP contribution in [-0.4, -0.2) is 131 Å². The van der Waals surface area contributed by atoms with E-state index in [1.165, 1.54) is 6.92 Å². The van der Waals surface area contributed by atoms with Gasteiger partial charge < -0.3 is 48.5 Å². The topological polar surface area (TPSA) is 146 Å². The lowest BCUT2D eigenvalue weighted by Gasteiger charge is -2.48.